The van der Waals surface area contributed by atoms with Crippen molar-refractivity contribution in [1.29, 1.82) is 0 Å². The van der Waals surface area contributed by atoms with E-state index in [2.05, 4.69) is 13.8 Å². The van der Waals surface area contributed by atoms with Crippen LogP contribution in [0, 0.1) is 0 Å². The Labute approximate surface area is 212 Å². The highest BCUT2D eigenvalue weighted by Gasteiger charge is 2.59. The molecule has 0 aliphatic carbocycles. The number of ether oxygens (including phenoxy) is 4. The van der Waals surface area contributed by atoms with Gasteiger partial charge in [0.2, 0.25) is 0 Å². The molecule has 1 aromatic rings. The fourth-order valence-corrected chi connectivity index (χ4v) is 4.19. The first kappa shape index (κ1) is 29.0. The summed E-state index contributed by atoms with van der Waals surface area (Å²) in [7, 11) is 0. The number of para-hydroxylation sites is 2. The summed E-state index contributed by atoms with van der Waals surface area (Å²) in [4.78, 5) is 25.9. The molecular weight excluding hydrogens is 444 g/mol. The van der Waals surface area contributed by atoms with Crippen molar-refractivity contribution in [2.45, 2.75) is 122 Å². The second-order valence-electron chi connectivity index (χ2n) is 9.49. The van der Waals surface area contributed by atoms with Crippen LogP contribution in [0.15, 0.2) is 24.3 Å². The molecule has 0 saturated heterocycles. The second kappa shape index (κ2) is 17.2. The summed E-state index contributed by atoms with van der Waals surface area (Å²) < 4.78 is 22.3. The van der Waals surface area contributed by atoms with E-state index in [0.717, 1.165) is 38.5 Å². The van der Waals surface area contributed by atoms with Gasteiger partial charge in [-0.3, -0.25) is 0 Å². The lowest BCUT2D eigenvalue weighted by Gasteiger charge is -2.23. The van der Waals surface area contributed by atoms with Crippen molar-refractivity contribution in [2.24, 2.45) is 0 Å². The zero-order chi connectivity index (χ0) is 25.2. The van der Waals surface area contributed by atoms with Gasteiger partial charge in [0.25, 0.3) is 0 Å². The van der Waals surface area contributed by atoms with Gasteiger partial charge in [-0.05, 0) is 25.0 Å². The van der Waals surface area contributed by atoms with Crippen molar-refractivity contribution in [3.05, 3.63) is 24.3 Å². The quantitative estimate of drug-likeness (QED) is 0.107. The van der Waals surface area contributed by atoms with Crippen molar-refractivity contribution in [1.82, 2.24) is 0 Å². The highest BCUT2D eigenvalue weighted by Crippen LogP contribution is 2.40. The topological polar surface area (TPSA) is 71.1 Å². The molecule has 0 bridgehead atoms. The van der Waals surface area contributed by atoms with Crippen LogP contribution in [0.1, 0.15) is 117 Å². The molecular formula is C29H46O6. The molecule has 0 fully saturated rings. The third-order valence-corrected chi connectivity index (χ3v) is 6.36. The van der Waals surface area contributed by atoms with Gasteiger partial charge in [0.05, 0.1) is 13.2 Å². The van der Waals surface area contributed by atoms with Crippen molar-refractivity contribution < 1.29 is 28.5 Å². The standard InChI is InChI=1S/C29H46O6/c1-3-5-7-9-11-13-15-19-23-32-27(30)29(34-25-21-17-18-22-26(25)35-29)28(31)33-24-20-16-14-12-10-8-6-4-2/h17-18,21-22H,3-16,19-20,23-24H2,1-2H3. The molecule has 2 rings (SSSR count). The van der Waals surface area contributed by atoms with Crippen LogP contribution in [-0.2, 0) is 19.1 Å². The minimum absolute atomic E-state index is 0.226. The SMILES string of the molecule is CCCCCCCCCCOC(=O)C1(C(=O)OCCCCCCCCCC)Oc2ccccc2O1. The maximum absolute atomic E-state index is 13.0. The van der Waals surface area contributed by atoms with E-state index in [1.165, 1.54) is 64.2 Å². The van der Waals surface area contributed by atoms with Gasteiger partial charge in [-0.2, -0.15) is 0 Å². The Kier molecular flexibility index (Phi) is 14.3. The molecule has 35 heavy (non-hydrogen) atoms. The number of hydrogen-bond donors (Lipinski definition) is 0. The summed E-state index contributed by atoms with van der Waals surface area (Å²) >= 11 is 0. The largest absolute Gasteiger partial charge is 0.459 e. The van der Waals surface area contributed by atoms with Gasteiger partial charge in [0.1, 0.15) is 0 Å². The molecule has 1 aliphatic heterocycles. The van der Waals surface area contributed by atoms with E-state index in [1.807, 2.05) is 0 Å². The maximum atomic E-state index is 13.0. The summed E-state index contributed by atoms with van der Waals surface area (Å²) in [6.45, 7) is 4.88. The van der Waals surface area contributed by atoms with Gasteiger partial charge in [-0.25, -0.2) is 9.59 Å². The molecule has 0 N–H and O–H groups in total. The van der Waals surface area contributed by atoms with Crippen LogP contribution < -0.4 is 9.47 Å². The maximum Gasteiger partial charge on any atom is 0.453 e. The Morgan fingerprint density at radius 1 is 0.600 bits per heavy atom. The Morgan fingerprint density at radius 3 is 1.31 bits per heavy atom. The molecule has 6 heteroatoms. The number of hydrogen-bond acceptors (Lipinski definition) is 6. The molecule has 0 saturated carbocycles. The summed E-state index contributed by atoms with van der Waals surface area (Å²) in [6, 6.07) is 6.84. The van der Waals surface area contributed by atoms with Gasteiger partial charge in [-0.1, -0.05) is 116 Å². The summed E-state index contributed by atoms with van der Waals surface area (Å²) in [5.74, 6) is -3.25. The molecule has 198 valence electrons. The normalized spacial score (nSPS) is 13.5. The average Bonchev–Trinajstić information content (AvgIpc) is 3.27. The Bertz CT molecular complexity index is 671. The van der Waals surface area contributed by atoms with E-state index < -0.39 is 17.7 Å². The predicted molar refractivity (Wildman–Crippen MR) is 138 cm³/mol. The summed E-state index contributed by atoms with van der Waals surface area (Å²) in [5.41, 5.74) is 0. The summed E-state index contributed by atoms with van der Waals surface area (Å²) in [6.07, 6.45) is 18.2. The minimum atomic E-state index is -2.22. The molecule has 0 atom stereocenters. The van der Waals surface area contributed by atoms with E-state index in [1.54, 1.807) is 24.3 Å². The first-order chi connectivity index (χ1) is 17.1. The van der Waals surface area contributed by atoms with Gasteiger partial charge in [0, 0.05) is 0 Å². The second-order valence-corrected chi connectivity index (χ2v) is 9.49. The molecule has 1 aromatic carbocycles. The zero-order valence-corrected chi connectivity index (χ0v) is 22.0. The number of esters is 2. The first-order valence-corrected chi connectivity index (χ1v) is 14.0. The average molecular weight is 491 g/mol. The number of rotatable bonds is 20. The van der Waals surface area contributed by atoms with Crippen molar-refractivity contribution in [3.8, 4) is 11.5 Å². The predicted octanol–water partition coefficient (Wildman–Crippen LogP) is 7.52. The Morgan fingerprint density at radius 2 is 0.943 bits per heavy atom. The Balaban J connectivity index is 1.76. The van der Waals surface area contributed by atoms with E-state index in [0.29, 0.717) is 11.5 Å². The minimum Gasteiger partial charge on any atom is -0.459 e. The fraction of sp³-hybridized carbons (Fsp3) is 0.724. The fourth-order valence-electron chi connectivity index (χ4n) is 4.19. The Hall–Kier alpha value is -2.24. The van der Waals surface area contributed by atoms with Crippen LogP contribution in [0.4, 0.5) is 0 Å². The number of fused-ring (bicyclic) bond motifs is 1. The zero-order valence-electron chi connectivity index (χ0n) is 22.0. The van der Waals surface area contributed by atoms with Crippen molar-refractivity contribution >= 4 is 11.9 Å². The molecule has 0 radical (unpaired) electrons. The lowest BCUT2D eigenvalue weighted by Crippen LogP contribution is -2.56. The highest BCUT2D eigenvalue weighted by molar-refractivity contribution is 6.03. The molecule has 0 spiro atoms. The van der Waals surface area contributed by atoms with E-state index in [9.17, 15) is 9.59 Å². The van der Waals surface area contributed by atoms with E-state index in [-0.39, 0.29) is 13.2 Å². The first-order valence-electron chi connectivity index (χ1n) is 14.0. The van der Waals surface area contributed by atoms with Crippen molar-refractivity contribution in [3.63, 3.8) is 0 Å². The van der Waals surface area contributed by atoms with E-state index in [4.69, 9.17) is 18.9 Å². The lowest BCUT2D eigenvalue weighted by atomic mass is 10.1. The number of benzene rings is 1. The van der Waals surface area contributed by atoms with Crippen LogP contribution in [0.5, 0.6) is 11.5 Å². The lowest BCUT2D eigenvalue weighted by molar-refractivity contribution is -0.202. The number of carbonyl (C=O) groups is 2. The van der Waals surface area contributed by atoms with Crippen LogP contribution in [0.25, 0.3) is 0 Å². The smallest absolute Gasteiger partial charge is 0.453 e. The monoisotopic (exact) mass is 490 g/mol. The number of unbranched alkanes of at least 4 members (excludes halogenated alkanes) is 14. The highest BCUT2D eigenvalue weighted by atomic mass is 16.8. The molecule has 0 amide bonds. The van der Waals surface area contributed by atoms with Gasteiger partial charge in [0.15, 0.2) is 11.5 Å². The van der Waals surface area contributed by atoms with Gasteiger partial charge in [-0.15, -0.1) is 0 Å². The molecule has 0 unspecified atom stereocenters. The van der Waals surface area contributed by atoms with Gasteiger partial charge >= 0.3 is 17.7 Å². The number of carbonyl (C=O) groups excluding carboxylic acids is 2. The third kappa shape index (κ3) is 10.1. The summed E-state index contributed by atoms with van der Waals surface area (Å²) in [5, 5.41) is 0. The van der Waals surface area contributed by atoms with Crippen LogP contribution in [0.2, 0.25) is 0 Å². The van der Waals surface area contributed by atoms with Crippen molar-refractivity contribution in [2.75, 3.05) is 13.2 Å². The van der Waals surface area contributed by atoms with Crippen LogP contribution in [-0.4, -0.2) is 30.9 Å². The molecule has 0 aromatic heterocycles. The molecule has 6 nitrogen and oxygen atoms in total. The van der Waals surface area contributed by atoms with Crippen LogP contribution in [0.3, 0.4) is 0 Å². The van der Waals surface area contributed by atoms with E-state index >= 15 is 0 Å². The van der Waals surface area contributed by atoms with Gasteiger partial charge < -0.3 is 18.9 Å². The van der Waals surface area contributed by atoms with Crippen LogP contribution >= 0.6 is 0 Å². The molecule has 1 aliphatic rings. The third-order valence-electron chi connectivity index (χ3n) is 6.36. The molecule has 1 heterocycles.